The van der Waals surface area contributed by atoms with Gasteiger partial charge in [-0.3, -0.25) is 9.59 Å². The van der Waals surface area contributed by atoms with E-state index in [0.29, 0.717) is 24.6 Å². The molecule has 0 radical (unpaired) electrons. The molecule has 2 N–H and O–H groups in total. The molecule has 1 aromatic carbocycles. The molecule has 1 aliphatic carbocycles. The van der Waals surface area contributed by atoms with Gasteiger partial charge in [-0.2, -0.15) is 0 Å². The van der Waals surface area contributed by atoms with E-state index in [1.165, 1.54) is 6.42 Å². The van der Waals surface area contributed by atoms with E-state index in [-0.39, 0.29) is 17.7 Å². The molecule has 1 fully saturated rings. The van der Waals surface area contributed by atoms with Crippen molar-refractivity contribution in [3.63, 3.8) is 0 Å². The molecular formula is C21H32N2O3. The van der Waals surface area contributed by atoms with E-state index in [0.717, 1.165) is 31.4 Å². The van der Waals surface area contributed by atoms with Crippen molar-refractivity contribution >= 4 is 17.5 Å². The van der Waals surface area contributed by atoms with E-state index in [4.69, 9.17) is 4.74 Å². The van der Waals surface area contributed by atoms with Crippen molar-refractivity contribution in [3.05, 3.63) is 24.3 Å². The normalized spacial score (nSPS) is 16.2. The van der Waals surface area contributed by atoms with Gasteiger partial charge in [-0.1, -0.05) is 33.1 Å². The van der Waals surface area contributed by atoms with Crippen LogP contribution in [-0.4, -0.2) is 24.5 Å². The number of ether oxygens (including phenoxy) is 1. The summed E-state index contributed by atoms with van der Waals surface area (Å²) in [6.45, 7) is 6.66. The van der Waals surface area contributed by atoms with Gasteiger partial charge < -0.3 is 15.4 Å². The Kier molecular flexibility index (Phi) is 7.95. The van der Waals surface area contributed by atoms with Gasteiger partial charge in [0.1, 0.15) is 11.8 Å². The summed E-state index contributed by atoms with van der Waals surface area (Å²) in [6, 6.07) is 6.79. The number of hydrogen-bond acceptors (Lipinski definition) is 3. The van der Waals surface area contributed by atoms with Crippen molar-refractivity contribution in [3.8, 4) is 5.75 Å². The molecular weight excluding hydrogens is 328 g/mol. The minimum atomic E-state index is -0.504. The Bertz CT molecular complexity index is 577. The molecule has 144 valence electrons. The highest BCUT2D eigenvalue weighted by atomic mass is 16.5. The molecule has 0 aromatic heterocycles. The number of nitrogens with one attached hydrogen (secondary N) is 2. The van der Waals surface area contributed by atoms with Crippen LogP contribution in [0.1, 0.15) is 59.3 Å². The van der Waals surface area contributed by atoms with E-state index in [9.17, 15) is 9.59 Å². The SMILES string of the molecule is CCOc1ccc(NC(=O)[C@@H](CC(C)C)NC(=O)C2CCCCC2)cc1. The average Bonchev–Trinajstić information content (AvgIpc) is 2.63. The summed E-state index contributed by atoms with van der Waals surface area (Å²) in [6.07, 6.45) is 5.90. The zero-order chi connectivity index (χ0) is 18.9. The zero-order valence-electron chi connectivity index (χ0n) is 16.2. The highest BCUT2D eigenvalue weighted by molar-refractivity contribution is 5.97. The second kappa shape index (κ2) is 10.2. The number of carbonyl (C=O) groups excluding carboxylic acids is 2. The van der Waals surface area contributed by atoms with E-state index in [1.54, 1.807) is 0 Å². The third kappa shape index (κ3) is 6.36. The molecule has 5 heteroatoms. The Morgan fingerprint density at radius 1 is 1.12 bits per heavy atom. The summed E-state index contributed by atoms with van der Waals surface area (Å²) in [4.78, 5) is 25.3. The maximum Gasteiger partial charge on any atom is 0.246 e. The third-order valence-electron chi connectivity index (χ3n) is 4.75. The molecule has 0 heterocycles. The molecule has 2 amide bonds. The number of rotatable bonds is 8. The summed E-state index contributed by atoms with van der Waals surface area (Å²) in [5.74, 6) is 1.01. The van der Waals surface area contributed by atoms with Crippen molar-refractivity contribution in [1.82, 2.24) is 5.32 Å². The number of hydrogen-bond donors (Lipinski definition) is 2. The first-order valence-electron chi connectivity index (χ1n) is 9.83. The van der Waals surface area contributed by atoms with Crippen molar-refractivity contribution in [1.29, 1.82) is 0 Å². The van der Waals surface area contributed by atoms with Crippen LogP contribution in [0.5, 0.6) is 5.75 Å². The fourth-order valence-electron chi connectivity index (χ4n) is 3.39. The fourth-order valence-corrected chi connectivity index (χ4v) is 3.39. The molecule has 1 aromatic rings. The molecule has 0 bridgehead atoms. The molecule has 1 atom stereocenters. The molecule has 5 nitrogen and oxygen atoms in total. The number of benzene rings is 1. The Morgan fingerprint density at radius 3 is 2.35 bits per heavy atom. The third-order valence-corrected chi connectivity index (χ3v) is 4.75. The first kappa shape index (κ1) is 20.3. The van der Waals surface area contributed by atoms with Gasteiger partial charge in [0.15, 0.2) is 0 Å². The van der Waals surface area contributed by atoms with Crippen LogP contribution in [-0.2, 0) is 9.59 Å². The fraction of sp³-hybridized carbons (Fsp3) is 0.619. The maximum atomic E-state index is 12.7. The zero-order valence-corrected chi connectivity index (χ0v) is 16.2. The molecule has 0 unspecified atom stereocenters. The molecule has 0 saturated heterocycles. The molecule has 1 aliphatic rings. The Morgan fingerprint density at radius 2 is 1.77 bits per heavy atom. The lowest BCUT2D eigenvalue weighted by molar-refractivity contribution is -0.130. The monoisotopic (exact) mass is 360 g/mol. The van der Waals surface area contributed by atoms with E-state index in [2.05, 4.69) is 24.5 Å². The Labute approximate surface area is 156 Å². The second-order valence-electron chi connectivity index (χ2n) is 7.47. The van der Waals surface area contributed by atoms with Gasteiger partial charge in [-0.15, -0.1) is 0 Å². The number of amides is 2. The standard InChI is InChI=1S/C21H32N2O3/c1-4-26-18-12-10-17(11-13-18)22-21(25)19(14-15(2)3)23-20(24)16-8-6-5-7-9-16/h10-13,15-16,19H,4-9,14H2,1-3H3,(H,22,25)(H,23,24)/t19-/m1/s1. The summed E-state index contributed by atoms with van der Waals surface area (Å²) < 4.78 is 5.42. The Balaban J connectivity index is 1.97. The predicted molar refractivity (Wildman–Crippen MR) is 104 cm³/mol. The van der Waals surface area contributed by atoms with Gasteiger partial charge in [-0.25, -0.2) is 0 Å². The average molecular weight is 360 g/mol. The van der Waals surface area contributed by atoms with Crippen LogP contribution in [0.4, 0.5) is 5.69 Å². The lowest BCUT2D eigenvalue weighted by Crippen LogP contribution is -2.47. The van der Waals surface area contributed by atoms with Crippen molar-refractivity contribution < 1.29 is 14.3 Å². The lowest BCUT2D eigenvalue weighted by Gasteiger charge is -2.25. The summed E-state index contributed by atoms with van der Waals surface area (Å²) in [5, 5.41) is 5.91. The van der Waals surface area contributed by atoms with Crippen molar-refractivity contribution in [2.24, 2.45) is 11.8 Å². The molecule has 26 heavy (non-hydrogen) atoms. The van der Waals surface area contributed by atoms with Gasteiger partial charge in [0.05, 0.1) is 6.61 Å². The van der Waals surface area contributed by atoms with Gasteiger partial charge in [0, 0.05) is 11.6 Å². The Hall–Kier alpha value is -2.04. The van der Waals surface area contributed by atoms with Crippen LogP contribution in [0.3, 0.4) is 0 Å². The summed E-state index contributed by atoms with van der Waals surface area (Å²) in [7, 11) is 0. The van der Waals surface area contributed by atoms with E-state index < -0.39 is 6.04 Å². The minimum absolute atomic E-state index is 0.0252. The topological polar surface area (TPSA) is 67.4 Å². The molecule has 0 spiro atoms. The van der Waals surface area contributed by atoms with E-state index in [1.807, 2.05) is 31.2 Å². The predicted octanol–water partition coefficient (Wildman–Crippen LogP) is 4.14. The van der Waals surface area contributed by atoms with Gasteiger partial charge in [-0.05, 0) is 56.4 Å². The van der Waals surface area contributed by atoms with Gasteiger partial charge >= 0.3 is 0 Å². The number of carbonyl (C=O) groups is 2. The van der Waals surface area contributed by atoms with Crippen LogP contribution in [0.15, 0.2) is 24.3 Å². The maximum absolute atomic E-state index is 12.7. The first-order valence-corrected chi connectivity index (χ1v) is 9.83. The summed E-state index contributed by atoms with van der Waals surface area (Å²) in [5.41, 5.74) is 0.708. The first-order chi connectivity index (χ1) is 12.5. The van der Waals surface area contributed by atoms with Crippen molar-refractivity contribution in [2.75, 3.05) is 11.9 Å². The molecule has 2 rings (SSSR count). The minimum Gasteiger partial charge on any atom is -0.494 e. The van der Waals surface area contributed by atoms with Crippen LogP contribution < -0.4 is 15.4 Å². The summed E-state index contributed by atoms with van der Waals surface area (Å²) >= 11 is 0. The highest BCUT2D eigenvalue weighted by Crippen LogP contribution is 2.24. The van der Waals surface area contributed by atoms with E-state index >= 15 is 0 Å². The van der Waals surface area contributed by atoms with Gasteiger partial charge in [0.2, 0.25) is 11.8 Å². The molecule has 0 aliphatic heterocycles. The largest absolute Gasteiger partial charge is 0.494 e. The lowest BCUT2D eigenvalue weighted by atomic mass is 9.88. The highest BCUT2D eigenvalue weighted by Gasteiger charge is 2.27. The quantitative estimate of drug-likeness (QED) is 0.732. The van der Waals surface area contributed by atoms with Crippen LogP contribution >= 0.6 is 0 Å². The second-order valence-corrected chi connectivity index (χ2v) is 7.47. The number of anilines is 1. The molecule has 1 saturated carbocycles. The van der Waals surface area contributed by atoms with Crippen LogP contribution in [0.2, 0.25) is 0 Å². The van der Waals surface area contributed by atoms with Crippen LogP contribution in [0, 0.1) is 11.8 Å². The van der Waals surface area contributed by atoms with Crippen molar-refractivity contribution in [2.45, 2.75) is 65.3 Å². The smallest absolute Gasteiger partial charge is 0.246 e. The van der Waals surface area contributed by atoms with Gasteiger partial charge in [0.25, 0.3) is 0 Å². The van der Waals surface area contributed by atoms with Crippen LogP contribution in [0.25, 0.3) is 0 Å².